The SMILES string of the molecule is CN(C)CCSc1nc2c([nH]1)c(=S)n(C)c(=O)n2C. The van der Waals surface area contributed by atoms with Crippen molar-refractivity contribution in [1.82, 2.24) is 24.0 Å². The molecule has 0 fully saturated rings. The van der Waals surface area contributed by atoms with Crippen molar-refractivity contribution in [2.24, 2.45) is 14.1 Å². The topological polar surface area (TPSA) is 58.9 Å². The molecule has 104 valence electrons. The van der Waals surface area contributed by atoms with Gasteiger partial charge in [-0.2, -0.15) is 0 Å². The van der Waals surface area contributed by atoms with Crippen LogP contribution in [0.4, 0.5) is 0 Å². The van der Waals surface area contributed by atoms with E-state index >= 15 is 0 Å². The standard InChI is InChI=1S/C11H17N5OS2/c1-14(2)5-6-19-10-12-7-8(13-10)15(3)11(17)16(4)9(7)18/h5-6H2,1-4H3,(H,12,13). The van der Waals surface area contributed by atoms with Crippen LogP contribution in [0, 0.1) is 4.64 Å². The van der Waals surface area contributed by atoms with Crippen molar-refractivity contribution >= 4 is 35.1 Å². The third kappa shape index (κ3) is 2.75. The Morgan fingerprint density at radius 1 is 1.37 bits per heavy atom. The summed E-state index contributed by atoms with van der Waals surface area (Å²) >= 11 is 6.89. The van der Waals surface area contributed by atoms with Crippen LogP contribution in [0.1, 0.15) is 0 Å². The monoisotopic (exact) mass is 299 g/mol. The molecule has 0 aliphatic carbocycles. The Hall–Kier alpha value is -1.12. The Kier molecular flexibility index (Phi) is 4.12. The lowest BCUT2D eigenvalue weighted by atomic mass is 10.5. The van der Waals surface area contributed by atoms with Crippen molar-refractivity contribution in [1.29, 1.82) is 0 Å². The first-order chi connectivity index (χ1) is 8.91. The predicted octanol–water partition coefficient (Wildman–Crippen LogP) is 0.983. The highest BCUT2D eigenvalue weighted by atomic mass is 32.2. The van der Waals surface area contributed by atoms with Crippen molar-refractivity contribution in [3.05, 3.63) is 15.1 Å². The number of imidazole rings is 1. The fourth-order valence-electron chi connectivity index (χ4n) is 1.70. The van der Waals surface area contributed by atoms with E-state index in [0.29, 0.717) is 10.3 Å². The summed E-state index contributed by atoms with van der Waals surface area (Å²) in [5, 5.41) is 0.796. The number of fused-ring (bicyclic) bond motifs is 1. The van der Waals surface area contributed by atoms with E-state index in [1.165, 1.54) is 9.13 Å². The van der Waals surface area contributed by atoms with Crippen LogP contribution in [0.5, 0.6) is 0 Å². The van der Waals surface area contributed by atoms with Crippen LogP contribution in [0.25, 0.3) is 11.2 Å². The lowest BCUT2D eigenvalue weighted by Gasteiger charge is -2.06. The Balaban J connectivity index is 2.41. The van der Waals surface area contributed by atoms with Gasteiger partial charge in [0.05, 0.1) is 0 Å². The van der Waals surface area contributed by atoms with Gasteiger partial charge in [0, 0.05) is 26.4 Å². The molecule has 0 bridgehead atoms. The van der Waals surface area contributed by atoms with E-state index in [9.17, 15) is 4.79 Å². The number of aromatic amines is 1. The molecule has 1 N–H and O–H groups in total. The van der Waals surface area contributed by atoms with Gasteiger partial charge in [-0.1, -0.05) is 24.0 Å². The summed E-state index contributed by atoms with van der Waals surface area (Å²) in [6.45, 7) is 0.967. The van der Waals surface area contributed by atoms with Crippen molar-refractivity contribution in [2.75, 3.05) is 26.4 Å². The van der Waals surface area contributed by atoms with Crippen molar-refractivity contribution in [3.8, 4) is 0 Å². The molecule has 0 aliphatic rings. The number of rotatable bonds is 4. The van der Waals surface area contributed by atoms with Crippen LogP contribution in [0.15, 0.2) is 9.95 Å². The van der Waals surface area contributed by atoms with Gasteiger partial charge in [-0.15, -0.1) is 0 Å². The summed E-state index contributed by atoms with van der Waals surface area (Å²) in [5.74, 6) is 0.930. The second kappa shape index (κ2) is 5.48. The van der Waals surface area contributed by atoms with Gasteiger partial charge in [-0.05, 0) is 14.1 Å². The fraction of sp³-hybridized carbons (Fsp3) is 0.545. The van der Waals surface area contributed by atoms with Gasteiger partial charge < -0.3 is 9.88 Å². The molecule has 0 aliphatic heterocycles. The second-order valence-corrected chi connectivity index (χ2v) is 6.07. The molecular weight excluding hydrogens is 282 g/mol. The summed E-state index contributed by atoms with van der Waals surface area (Å²) in [4.78, 5) is 21.7. The average Bonchev–Trinajstić information content (AvgIpc) is 2.77. The highest BCUT2D eigenvalue weighted by molar-refractivity contribution is 7.99. The molecule has 0 saturated carbocycles. The molecular formula is C11H17N5OS2. The molecule has 0 unspecified atom stereocenters. The van der Waals surface area contributed by atoms with E-state index in [2.05, 4.69) is 14.9 Å². The maximum Gasteiger partial charge on any atom is 0.330 e. The first-order valence-electron chi connectivity index (χ1n) is 5.85. The largest absolute Gasteiger partial charge is 0.330 e. The first kappa shape index (κ1) is 14.3. The highest BCUT2D eigenvalue weighted by Crippen LogP contribution is 2.18. The Labute approximate surface area is 120 Å². The molecule has 2 aromatic rings. The summed E-state index contributed by atoms with van der Waals surface area (Å²) in [5.41, 5.74) is 1.20. The van der Waals surface area contributed by atoms with Gasteiger partial charge in [0.1, 0.15) is 10.2 Å². The Morgan fingerprint density at radius 3 is 2.68 bits per heavy atom. The first-order valence-corrected chi connectivity index (χ1v) is 7.24. The van der Waals surface area contributed by atoms with Crippen LogP contribution in [-0.4, -0.2) is 50.4 Å². The molecule has 0 aromatic carbocycles. The fourth-order valence-corrected chi connectivity index (χ4v) is 2.89. The lowest BCUT2D eigenvalue weighted by Crippen LogP contribution is -2.27. The van der Waals surface area contributed by atoms with Crippen molar-refractivity contribution in [3.63, 3.8) is 0 Å². The van der Waals surface area contributed by atoms with Gasteiger partial charge in [-0.25, -0.2) is 9.78 Å². The summed E-state index contributed by atoms with van der Waals surface area (Å²) in [7, 11) is 7.44. The van der Waals surface area contributed by atoms with Crippen molar-refractivity contribution < 1.29 is 0 Å². The number of aromatic nitrogens is 4. The van der Waals surface area contributed by atoms with Crippen LogP contribution < -0.4 is 5.69 Å². The third-order valence-electron chi connectivity index (χ3n) is 2.85. The minimum atomic E-state index is -0.158. The number of thioether (sulfide) groups is 1. The van der Waals surface area contributed by atoms with E-state index < -0.39 is 0 Å². The number of aryl methyl sites for hydroxylation is 1. The normalized spacial score (nSPS) is 11.6. The molecule has 8 heteroatoms. The summed E-state index contributed by atoms with van der Waals surface area (Å²) < 4.78 is 3.45. The van der Waals surface area contributed by atoms with E-state index in [0.717, 1.165) is 23.0 Å². The quantitative estimate of drug-likeness (QED) is 0.674. The zero-order chi connectivity index (χ0) is 14.2. The maximum atomic E-state index is 11.9. The van der Waals surface area contributed by atoms with Crippen LogP contribution in [0.2, 0.25) is 0 Å². The van der Waals surface area contributed by atoms with Gasteiger partial charge in [0.2, 0.25) is 0 Å². The summed E-state index contributed by atoms with van der Waals surface area (Å²) in [6.07, 6.45) is 0. The zero-order valence-corrected chi connectivity index (χ0v) is 13.1. The second-order valence-electron chi connectivity index (χ2n) is 4.60. The van der Waals surface area contributed by atoms with Gasteiger partial charge in [0.25, 0.3) is 0 Å². The predicted molar refractivity (Wildman–Crippen MR) is 80.4 cm³/mol. The molecule has 2 aromatic heterocycles. The Morgan fingerprint density at radius 2 is 2.05 bits per heavy atom. The smallest absolute Gasteiger partial charge is 0.329 e. The molecule has 0 amide bonds. The van der Waals surface area contributed by atoms with Crippen LogP contribution in [-0.2, 0) is 14.1 Å². The lowest BCUT2D eigenvalue weighted by molar-refractivity contribution is 0.437. The van der Waals surface area contributed by atoms with Gasteiger partial charge in [0.15, 0.2) is 10.8 Å². The van der Waals surface area contributed by atoms with E-state index in [1.807, 2.05) is 14.1 Å². The molecule has 19 heavy (non-hydrogen) atoms. The van der Waals surface area contributed by atoms with Gasteiger partial charge in [-0.3, -0.25) is 9.13 Å². The zero-order valence-electron chi connectivity index (χ0n) is 11.4. The van der Waals surface area contributed by atoms with Crippen LogP contribution in [0.3, 0.4) is 0 Å². The number of H-pyrrole nitrogens is 1. The number of hydrogen-bond donors (Lipinski definition) is 1. The van der Waals surface area contributed by atoms with Crippen molar-refractivity contribution in [2.45, 2.75) is 5.16 Å². The highest BCUT2D eigenvalue weighted by Gasteiger charge is 2.11. The third-order valence-corrected chi connectivity index (χ3v) is 4.18. The molecule has 0 radical (unpaired) electrons. The number of hydrogen-bond acceptors (Lipinski definition) is 5. The molecule has 2 heterocycles. The summed E-state index contributed by atoms with van der Waals surface area (Å²) in [6, 6.07) is 0. The number of nitrogens with one attached hydrogen (secondary N) is 1. The molecule has 0 spiro atoms. The van der Waals surface area contributed by atoms with Crippen LogP contribution >= 0.6 is 24.0 Å². The Bertz CT molecular complexity index is 712. The van der Waals surface area contributed by atoms with E-state index in [4.69, 9.17) is 12.2 Å². The minimum Gasteiger partial charge on any atom is -0.329 e. The number of nitrogens with zero attached hydrogens (tertiary/aromatic N) is 4. The average molecular weight is 299 g/mol. The maximum absolute atomic E-state index is 11.9. The molecule has 0 atom stereocenters. The minimum absolute atomic E-state index is 0.158. The molecule has 2 rings (SSSR count). The van der Waals surface area contributed by atoms with E-state index in [-0.39, 0.29) is 5.69 Å². The molecule has 0 saturated heterocycles. The van der Waals surface area contributed by atoms with E-state index in [1.54, 1.807) is 25.9 Å². The van der Waals surface area contributed by atoms with Gasteiger partial charge >= 0.3 is 5.69 Å². The molecule has 6 nitrogen and oxygen atoms in total.